The van der Waals surface area contributed by atoms with E-state index in [2.05, 4.69) is 29.4 Å². The molecule has 0 spiro atoms. The molecule has 2 aromatic carbocycles. The summed E-state index contributed by atoms with van der Waals surface area (Å²) in [6.07, 6.45) is 0.270. The van der Waals surface area contributed by atoms with Crippen LogP contribution >= 0.6 is 0 Å². The van der Waals surface area contributed by atoms with Gasteiger partial charge in [0.1, 0.15) is 0 Å². The normalized spacial score (nSPS) is 10.3. The van der Waals surface area contributed by atoms with Gasteiger partial charge in [0.2, 0.25) is 11.8 Å². The smallest absolute Gasteiger partial charge is 0.243 e. The van der Waals surface area contributed by atoms with Crippen molar-refractivity contribution in [2.24, 2.45) is 0 Å². The number of benzene rings is 2. The summed E-state index contributed by atoms with van der Waals surface area (Å²) >= 11 is 0. The van der Waals surface area contributed by atoms with E-state index in [0.717, 1.165) is 35.6 Å². The van der Waals surface area contributed by atoms with Crippen LogP contribution in [0, 0.1) is 6.92 Å². The van der Waals surface area contributed by atoms with E-state index < -0.39 is 0 Å². The first-order chi connectivity index (χ1) is 12.5. The van der Waals surface area contributed by atoms with Gasteiger partial charge in [-0.1, -0.05) is 29.8 Å². The molecule has 5 nitrogen and oxygen atoms in total. The minimum absolute atomic E-state index is 0.0392. The lowest BCUT2D eigenvalue weighted by molar-refractivity contribution is -0.123. The van der Waals surface area contributed by atoms with Gasteiger partial charge in [-0.05, 0) is 50.6 Å². The van der Waals surface area contributed by atoms with Crippen molar-refractivity contribution in [1.29, 1.82) is 0 Å². The molecule has 5 heteroatoms. The Bertz CT molecular complexity index is 720. The average molecular weight is 353 g/mol. The van der Waals surface area contributed by atoms with Gasteiger partial charge in [0.05, 0.1) is 13.0 Å². The first-order valence-corrected chi connectivity index (χ1v) is 8.99. The molecule has 0 atom stereocenters. The number of nitrogens with zero attached hydrogens (tertiary/aromatic N) is 1. The van der Waals surface area contributed by atoms with Crippen LogP contribution in [0.15, 0.2) is 48.5 Å². The van der Waals surface area contributed by atoms with E-state index in [9.17, 15) is 9.59 Å². The van der Waals surface area contributed by atoms with E-state index in [-0.39, 0.29) is 24.8 Å². The van der Waals surface area contributed by atoms with Crippen LogP contribution in [0.1, 0.15) is 25.0 Å². The lowest BCUT2D eigenvalue weighted by atomic mass is 10.1. The number of anilines is 2. The fourth-order valence-electron chi connectivity index (χ4n) is 2.68. The third-order valence-corrected chi connectivity index (χ3v) is 4.21. The zero-order chi connectivity index (χ0) is 18.9. The van der Waals surface area contributed by atoms with Crippen molar-refractivity contribution in [3.63, 3.8) is 0 Å². The maximum absolute atomic E-state index is 12.0. The van der Waals surface area contributed by atoms with Gasteiger partial charge < -0.3 is 15.5 Å². The standard InChI is InChI=1S/C21H27N3O2/c1-4-24(5-2)19-12-10-18(11-13-19)23-21(26)15-22-20(25)14-17-8-6-16(3)7-9-17/h6-13H,4-5,14-15H2,1-3H3,(H,22,25)(H,23,26). The van der Waals surface area contributed by atoms with Crippen LogP contribution < -0.4 is 15.5 Å². The summed E-state index contributed by atoms with van der Waals surface area (Å²) in [5.41, 5.74) is 3.93. The molecule has 0 aromatic heterocycles. The van der Waals surface area contributed by atoms with E-state index in [4.69, 9.17) is 0 Å². The fraction of sp³-hybridized carbons (Fsp3) is 0.333. The lowest BCUT2D eigenvalue weighted by Gasteiger charge is -2.21. The summed E-state index contributed by atoms with van der Waals surface area (Å²) in [6, 6.07) is 15.5. The lowest BCUT2D eigenvalue weighted by Crippen LogP contribution is -2.33. The molecule has 2 rings (SSSR count). The van der Waals surface area contributed by atoms with Crippen molar-refractivity contribution in [2.75, 3.05) is 29.9 Å². The molecule has 0 aliphatic carbocycles. The monoisotopic (exact) mass is 353 g/mol. The third-order valence-electron chi connectivity index (χ3n) is 4.21. The highest BCUT2D eigenvalue weighted by atomic mass is 16.2. The maximum atomic E-state index is 12.0. The summed E-state index contributed by atoms with van der Waals surface area (Å²) in [5.74, 6) is -0.404. The predicted octanol–water partition coefficient (Wildman–Crippen LogP) is 3.14. The highest BCUT2D eigenvalue weighted by molar-refractivity contribution is 5.94. The summed E-state index contributed by atoms with van der Waals surface area (Å²) in [7, 11) is 0. The third kappa shape index (κ3) is 5.92. The Balaban J connectivity index is 1.79. The van der Waals surface area contributed by atoms with Gasteiger partial charge in [0.15, 0.2) is 0 Å². The molecule has 0 unspecified atom stereocenters. The number of nitrogens with one attached hydrogen (secondary N) is 2. The molecule has 138 valence electrons. The zero-order valence-corrected chi connectivity index (χ0v) is 15.7. The van der Waals surface area contributed by atoms with E-state index in [1.807, 2.05) is 55.5 Å². The molecule has 2 N–H and O–H groups in total. The number of carbonyl (C=O) groups is 2. The zero-order valence-electron chi connectivity index (χ0n) is 15.7. The summed E-state index contributed by atoms with van der Waals surface area (Å²) in [4.78, 5) is 26.2. The largest absolute Gasteiger partial charge is 0.372 e. The summed E-state index contributed by atoms with van der Waals surface area (Å²) in [5, 5.41) is 5.45. The van der Waals surface area contributed by atoms with Crippen LogP contribution in [0.2, 0.25) is 0 Å². The molecule has 0 radical (unpaired) electrons. The Kier molecular flexibility index (Phi) is 7.21. The van der Waals surface area contributed by atoms with Crippen LogP contribution in [0.25, 0.3) is 0 Å². The predicted molar refractivity (Wildman–Crippen MR) is 107 cm³/mol. The minimum atomic E-state index is -0.238. The second-order valence-corrected chi connectivity index (χ2v) is 6.21. The van der Waals surface area contributed by atoms with Crippen molar-refractivity contribution in [1.82, 2.24) is 5.32 Å². The highest BCUT2D eigenvalue weighted by Gasteiger charge is 2.08. The number of amides is 2. The fourth-order valence-corrected chi connectivity index (χ4v) is 2.68. The van der Waals surface area contributed by atoms with Gasteiger partial charge >= 0.3 is 0 Å². The quantitative estimate of drug-likeness (QED) is 0.766. The van der Waals surface area contributed by atoms with Crippen LogP contribution in [0.4, 0.5) is 11.4 Å². The van der Waals surface area contributed by atoms with Crippen molar-refractivity contribution >= 4 is 23.2 Å². The number of hydrogen-bond donors (Lipinski definition) is 2. The Morgan fingerprint density at radius 1 is 0.885 bits per heavy atom. The second-order valence-electron chi connectivity index (χ2n) is 6.21. The summed E-state index contributed by atoms with van der Waals surface area (Å²) < 4.78 is 0. The van der Waals surface area contributed by atoms with E-state index in [0.29, 0.717) is 0 Å². The van der Waals surface area contributed by atoms with Gasteiger partial charge in [-0.3, -0.25) is 9.59 Å². The Morgan fingerprint density at radius 3 is 2.08 bits per heavy atom. The molecule has 0 bridgehead atoms. The Hall–Kier alpha value is -2.82. The molecule has 0 fully saturated rings. The SMILES string of the molecule is CCN(CC)c1ccc(NC(=O)CNC(=O)Cc2ccc(C)cc2)cc1. The van der Waals surface area contributed by atoms with Crippen LogP contribution in [-0.2, 0) is 16.0 Å². The van der Waals surface area contributed by atoms with Crippen molar-refractivity contribution in [2.45, 2.75) is 27.2 Å². The van der Waals surface area contributed by atoms with Crippen molar-refractivity contribution in [3.05, 3.63) is 59.7 Å². The molecule has 0 heterocycles. The second kappa shape index (κ2) is 9.61. The molecule has 0 saturated heterocycles. The topological polar surface area (TPSA) is 61.4 Å². The summed E-state index contributed by atoms with van der Waals surface area (Å²) in [6.45, 7) is 8.06. The average Bonchev–Trinajstić information content (AvgIpc) is 2.64. The molecule has 0 aliphatic rings. The molecule has 0 aliphatic heterocycles. The van der Waals surface area contributed by atoms with Gasteiger partial charge in [0.25, 0.3) is 0 Å². The number of hydrogen-bond acceptors (Lipinski definition) is 3. The first kappa shape index (κ1) is 19.5. The van der Waals surface area contributed by atoms with Crippen LogP contribution in [0.3, 0.4) is 0 Å². The minimum Gasteiger partial charge on any atom is -0.372 e. The Morgan fingerprint density at radius 2 is 1.50 bits per heavy atom. The van der Waals surface area contributed by atoms with Crippen LogP contribution in [-0.4, -0.2) is 31.4 Å². The molecule has 0 saturated carbocycles. The number of aryl methyl sites for hydroxylation is 1. The first-order valence-electron chi connectivity index (χ1n) is 8.99. The van der Waals surface area contributed by atoms with Crippen LogP contribution in [0.5, 0.6) is 0 Å². The van der Waals surface area contributed by atoms with E-state index >= 15 is 0 Å². The Labute approximate surface area is 155 Å². The van der Waals surface area contributed by atoms with Gasteiger partial charge in [-0.15, -0.1) is 0 Å². The molecular formula is C21H27N3O2. The molecular weight excluding hydrogens is 326 g/mol. The van der Waals surface area contributed by atoms with E-state index in [1.54, 1.807) is 0 Å². The number of rotatable bonds is 8. The highest BCUT2D eigenvalue weighted by Crippen LogP contribution is 2.17. The number of carbonyl (C=O) groups excluding carboxylic acids is 2. The van der Waals surface area contributed by atoms with Gasteiger partial charge in [-0.2, -0.15) is 0 Å². The molecule has 2 amide bonds. The van der Waals surface area contributed by atoms with Crippen molar-refractivity contribution in [3.8, 4) is 0 Å². The van der Waals surface area contributed by atoms with Gasteiger partial charge in [0, 0.05) is 24.5 Å². The van der Waals surface area contributed by atoms with E-state index in [1.165, 1.54) is 0 Å². The molecule has 2 aromatic rings. The van der Waals surface area contributed by atoms with Gasteiger partial charge in [-0.25, -0.2) is 0 Å². The molecule has 26 heavy (non-hydrogen) atoms. The maximum Gasteiger partial charge on any atom is 0.243 e. The van der Waals surface area contributed by atoms with Crippen molar-refractivity contribution < 1.29 is 9.59 Å².